The molecule has 0 saturated carbocycles. The second-order valence-electron chi connectivity index (χ2n) is 6.90. The van der Waals surface area contributed by atoms with Crippen molar-refractivity contribution in [2.45, 2.75) is 13.0 Å². The van der Waals surface area contributed by atoms with Crippen LogP contribution in [0.1, 0.15) is 18.5 Å². The van der Waals surface area contributed by atoms with Crippen LogP contribution in [0.15, 0.2) is 45.3 Å². The lowest BCUT2D eigenvalue weighted by Crippen LogP contribution is -2.44. The zero-order chi connectivity index (χ0) is 21.8. The average molecular weight is 494 g/mol. The third-order valence-electron chi connectivity index (χ3n) is 4.92. The molecule has 1 saturated heterocycles. The Hall–Kier alpha value is -2.70. The van der Waals surface area contributed by atoms with E-state index in [4.69, 9.17) is 9.47 Å². The predicted molar refractivity (Wildman–Crippen MR) is 112 cm³/mol. The Labute approximate surface area is 186 Å². The Morgan fingerprint density at radius 2 is 2.19 bits per heavy atom. The zero-order valence-corrected chi connectivity index (χ0v) is 18.4. The molecule has 0 amide bonds. The minimum atomic E-state index is -0.745. The van der Waals surface area contributed by atoms with Gasteiger partial charge in [0.2, 0.25) is 5.96 Å². The number of aliphatic imine (C=N–C) groups is 1. The van der Waals surface area contributed by atoms with E-state index in [1.807, 2.05) is 0 Å². The molecule has 0 radical (unpaired) electrons. The van der Waals surface area contributed by atoms with E-state index in [2.05, 4.69) is 46.7 Å². The van der Waals surface area contributed by atoms with Gasteiger partial charge >= 0.3 is 5.97 Å². The van der Waals surface area contributed by atoms with Gasteiger partial charge in [-0.1, -0.05) is 22.0 Å². The van der Waals surface area contributed by atoms with Gasteiger partial charge in [-0.3, -0.25) is 4.90 Å². The van der Waals surface area contributed by atoms with Gasteiger partial charge in [0.15, 0.2) is 0 Å². The number of tetrazole rings is 1. The van der Waals surface area contributed by atoms with Gasteiger partial charge in [0.05, 0.1) is 25.4 Å². The number of ether oxygens (including phenoxy) is 2. The first-order chi connectivity index (χ1) is 15.1. The van der Waals surface area contributed by atoms with Gasteiger partial charge in [0.1, 0.15) is 18.2 Å². The van der Waals surface area contributed by atoms with Crippen LogP contribution in [0.4, 0.5) is 4.39 Å². The van der Waals surface area contributed by atoms with Crippen LogP contribution in [0, 0.1) is 5.82 Å². The van der Waals surface area contributed by atoms with Gasteiger partial charge in [-0.05, 0) is 35.0 Å². The van der Waals surface area contributed by atoms with Crippen LogP contribution in [-0.2, 0) is 14.3 Å². The second-order valence-corrected chi connectivity index (χ2v) is 7.76. The third kappa shape index (κ3) is 4.81. The highest BCUT2D eigenvalue weighted by Crippen LogP contribution is 2.36. The van der Waals surface area contributed by atoms with Crippen LogP contribution in [-0.4, -0.2) is 76.5 Å². The Balaban J connectivity index is 1.81. The fourth-order valence-corrected chi connectivity index (χ4v) is 4.03. The van der Waals surface area contributed by atoms with Crippen molar-refractivity contribution in [3.8, 4) is 0 Å². The van der Waals surface area contributed by atoms with Crippen molar-refractivity contribution in [3.05, 3.63) is 51.6 Å². The monoisotopic (exact) mass is 493 g/mol. The molecule has 0 spiro atoms. The summed E-state index contributed by atoms with van der Waals surface area (Å²) in [4.78, 5) is 19.9. The van der Waals surface area contributed by atoms with Gasteiger partial charge in [-0.25, -0.2) is 14.2 Å². The van der Waals surface area contributed by atoms with Crippen molar-refractivity contribution in [3.63, 3.8) is 0 Å². The molecule has 0 bridgehead atoms. The summed E-state index contributed by atoms with van der Waals surface area (Å²) in [6, 6.07) is 3.53. The maximum atomic E-state index is 13.7. The first-order valence-corrected chi connectivity index (χ1v) is 10.6. The summed E-state index contributed by atoms with van der Waals surface area (Å²) in [5.74, 6) is -0.536. The van der Waals surface area contributed by atoms with Gasteiger partial charge < -0.3 is 14.8 Å². The molecule has 1 fully saturated rings. The summed E-state index contributed by atoms with van der Waals surface area (Å²) in [5, 5.41) is 14.4. The lowest BCUT2D eigenvalue weighted by Gasteiger charge is -2.32. The van der Waals surface area contributed by atoms with E-state index in [-0.39, 0.29) is 6.61 Å². The smallest absolute Gasteiger partial charge is 0.338 e. The Morgan fingerprint density at radius 3 is 2.87 bits per heavy atom. The highest BCUT2D eigenvalue weighted by Gasteiger charge is 2.34. The Kier molecular flexibility index (Phi) is 6.68. The number of carbonyl (C=O) groups is 1. The van der Waals surface area contributed by atoms with Crippen LogP contribution in [0.25, 0.3) is 0 Å². The van der Waals surface area contributed by atoms with Gasteiger partial charge in [0, 0.05) is 29.8 Å². The largest absolute Gasteiger partial charge is 0.463 e. The Bertz CT molecular complexity index is 1010. The molecule has 1 aromatic carbocycles. The molecule has 12 heteroatoms. The molecular weight excluding hydrogens is 473 g/mol. The standard InChI is InChI=1S/C19H21BrFN7O3/c1-2-31-18(29)16-15(10-27-5-7-30-8-6-27)23-19(28-11-22-25-26-28)24-17(16)13-4-3-12(21)9-14(13)20/h3-4,9,11,17H,2,5-8,10H2,1H3,(H,23,24). The van der Waals surface area contributed by atoms with E-state index >= 15 is 0 Å². The van der Waals surface area contributed by atoms with Crippen molar-refractivity contribution in [1.82, 2.24) is 30.4 Å². The van der Waals surface area contributed by atoms with E-state index in [0.29, 0.717) is 47.0 Å². The van der Waals surface area contributed by atoms with Crippen molar-refractivity contribution in [2.75, 3.05) is 39.5 Å². The molecule has 1 N–H and O–H groups in total. The quantitative estimate of drug-likeness (QED) is 0.620. The van der Waals surface area contributed by atoms with E-state index in [1.165, 1.54) is 23.1 Å². The molecule has 2 aliphatic heterocycles. The molecule has 31 heavy (non-hydrogen) atoms. The minimum absolute atomic E-state index is 0.216. The lowest BCUT2D eigenvalue weighted by atomic mass is 9.95. The number of carbonyl (C=O) groups excluding carboxylic acids is 1. The van der Waals surface area contributed by atoms with Crippen molar-refractivity contribution in [1.29, 1.82) is 0 Å². The van der Waals surface area contributed by atoms with Gasteiger partial charge in [-0.2, -0.15) is 4.68 Å². The molecule has 3 heterocycles. The number of nitrogens with one attached hydrogen (secondary N) is 1. The number of benzene rings is 1. The van der Waals surface area contributed by atoms with E-state index in [0.717, 1.165) is 13.1 Å². The Morgan fingerprint density at radius 1 is 1.39 bits per heavy atom. The SMILES string of the molecule is CCOC(=O)C1=C(CN2CCOCC2)NC(n2cnnn2)=NC1c1ccc(F)cc1Br. The molecule has 0 aliphatic carbocycles. The molecule has 1 atom stereocenters. The number of hydrogen-bond acceptors (Lipinski definition) is 9. The fourth-order valence-electron chi connectivity index (χ4n) is 3.46. The van der Waals surface area contributed by atoms with Gasteiger partial charge in [-0.15, -0.1) is 5.10 Å². The summed E-state index contributed by atoms with van der Waals surface area (Å²) in [5.41, 5.74) is 1.61. The maximum absolute atomic E-state index is 13.7. The zero-order valence-electron chi connectivity index (χ0n) is 16.8. The third-order valence-corrected chi connectivity index (χ3v) is 5.60. The fraction of sp³-hybridized carbons (Fsp3) is 0.421. The van der Waals surface area contributed by atoms with Crippen LogP contribution < -0.4 is 5.32 Å². The number of aromatic nitrogens is 4. The number of hydrogen-bond donors (Lipinski definition) is 1. The van der Waals surface area contributed by atoms with E-state index in [1.54, 1.807) is 13.0 Å². The number of morpholine rings is 1. The molecule has 1 unspecified atom stereocenters. The highest BCUT2D eigenvalue weighted by atomic mass is 79.9. The number of rotatable bonds is 5. The number of halogens is 2. The first-order valence-electron chi connectivity index (χ1n) is 9.80. The van der Waals surface area contributed by atoms with Crippen LogP contribution in [0.3, 0.4) is 0 Å². The van der Waals surface area contributed by atoms with Crippen molar-refractivity contribution in [2.24, 2.45) is 4.99 Å². The summed E-state index contributed by atoms with van der Waals surface area (Å²) < 4.78 is 26.4. The predicted octanol–water partition coefficient (Wildman–Crippen LogP) is 1.27. The summed E-state index contributed by atoms with van der Waals surface area (Å²) >= 11 is 3.41. The molecule has 2 aliphatic rings. The van der Waals surface area contributed by atoms with E-state index < -0.39 is 17.8 Å². The van der Waals surface area contributed by atoms with Crippen LogP contribution in [0.2, 0.25) is 0 Å². The average Bonchev–Trinajstić information content (AvgIpc) is 3.29. The number of esters is 1. The summed E-state index contributed by atoms with van der Waals surface area (Å²) in [7, 11) is 0. The van der Waals surface area contributed by atoms with Gasteiger partial charge in [0.25, 0.3) is 0 Å². The molecule has 10 nitrogen and oxygen atoms in total. The van der Waals surface area contributed by atoms with E-state index in [9.17, 15) is 9.18 Å². The highest BCUT2D eigenvalue weighted by molar-refractivity contribution is 9.10. The first kappa shape index (κ1) is 21.5. The molecular formula is C19H21BrFN7O3. The summed E-state index contributed by atoms with van der Waals surface area (Å²) in [6.07, 6.45) is 1.41. The lowest BCUT2D eigenvalue weighted by molar-refractivity contribution is -0.139. The summed E-state index contributed by atoms with van der Waals surface area (Å²) in [6.45, 7) is 5.09. The second kappa shape index (κ2) is 9.62. The molecule has 164 valence electrons. The topological polar surface area (TPSA) is 107 Å². The minimum Gasteiger partial charge on any atom is -0.463 e. The number of nitrogens with zero attached hydrogens (tertiary/aromatic N) is 6. The normalized spacial score (nSPS) is 19.7. The molecule has 1 aromatic heterocycles. The molecule has 4 rings (SSSR count). The molecule has 2 aromatic rings. The van der Waals surface area contributed by atoms with Crippen molar-refractivity contribution >= 4 is 27.9 Å². The van der Waals surface area contributed by atoms with Crippen molar-refractivity contribution < 1.29 is 18.7 Å². The van der Waals surface area contributed by atoms with Crippen LogP contribution in [0.5, 0.6) is 0 Å². The van der Waals surface area contributed by atoms with Crippen LogP contribution >= 0.6 is 15.9 Å². The maximum Gasteiger partial charge on any atom is 0.338 e.